The summed E-state index contributed by atoms with van der Waals surface area (Å²) in [5.74, 6) is -0.839. The number of nitrogens with one attached hydrogen (secondary N) is 2. The van der Waals surface area contributed by atoms with E-state index in [-0.39, 0.29) is 11.6 Å². The van der Waals surface area contributed by atoms with Gasteiger partial charge in [-0.15, -0.1) is 0 Å². The average molecular weight is 247 g/mol. The molecule has 6 heteroatoms. The minimum absolute atomic E-state index is 0.262. The van der Waals surface area contributed by atoms with E-state index in [4.69, 9.17) is 0 Å². The van der Waals surface area contributed by atoms with Crippen molar-refractivity contribution < 1.29 is 14.4 Å². The summed E-state index contributed by atoms with van der Waals surface area (Å²) in [6, 6.07) is 4.36. The normalized spacial score (nSPS) is 13.0. The Morgan fingerprint density at radius 3 is 2.61 bits per heavy atom. The Labute approximate surface area is 104 Å². The minimum atomic E-state index is -0.435. The second kappa shape index (κ2) is 4.48. The lowest BCUT2D eigenvalue weighted by molar-refractivity contribution is 0.0879. The van der Waals surface area contributed by atoms with E-state index in [0.717, 1.165) is 0 Å². The van der Waals surface area contributed by atoms with Gasteiger partial charge in [-0.3, -0.25) is 14.9 Å². The summed E-state index contributed by atoms with van der Waals surface area (Å²) in [4.78, 5) is 35.9. The van der Waals surface area contributed by atoms with Crippen molar-refractivity contribution in [3.8, 4) is 0 Å². The van der Waals surface area contributed by atoms with Gasteiger partial charge in [0.25, 0.3) is 11.8 Å². The molecule has 18 heavy (non-hydrogen) atoms. The summed E-state index contributed by atoms with van der Waals surface area (Å²) in [6.07, 6.45) is 0. The Morgan fingerprint density at radius 2 is 1.94 bits per heavy atom. The number of hydrogen-bond donors (Lipinski definition) is 2. The monoisotopic (exact) mass is 247 g/mol. The molecule has 0 radical (unpaired) electrons. The molecule has 0 unspecified atom stereocenters. The third-order valence-corrected chi connectivity index (χ3v) is 2.81. The number of carbonyl (C=O) groups excluding carboxylic acids is 3. The molecule has 4 amide bonds. The van der Waals surface area contributed by atoms with Crippen molar-refractivity contribution in [3.63, 3.8) is 0 Å². The van der Waals surface area contributed by atoms with Gasteiger partial charge in [-0.05, 0) is 25.1 Å². The van der Waals surface area contributed by atoms with Gasteiger partial charge in [-0.25, -0.2) is 4.79 Å². The molecule has 0 saturated carbocycles. The first-order valence-electron chi connectivity index (χ1n) is 5.54. The standard InChI is InChI=1S/C12H13N3O3/c1-3-15(2)12(18)13-7-4-5-8-9(6-7)11(17)14-10(8)16/h4-6H,3H2,1-2H3,(H,13,18)(H,14,16,17). The predicted molar refractivity (Wildman–Crippen MR) is 65.6 cm³/mol. The lowest BCUT2D eigenvalue weighted by Crippen LogP contribution is -2.30. The smallest absolute Gasteiger partial charge is 0.321 e. The maximum Gasteiger partial charge on any atom is 0.321 e. The largest absolute Gasteiger partial charge is 0.328 e. The summed E-state index contributed by atoms with van der Waals surface area (Å²) >= 11 is 0. The maximum absolute atomic E-state index is 11.6. The fourth-order valence-electron chi connectivity index (χ4n) is 1.61. The second-order valence-corrected chi connectivity index (χ2v) is 3.99. The summed E-state index contributed by atoms with van der Waals surface area (Å²) in [7, 11) is 1.67. The maximum atomic E-state index is 11.6. The molecule has 0 spiro atoms. The minimum Gasteiger partial charge on any atom is -0.328 e. The highest BCUT2D eigenvalue weighted by atomic mass is 16.2. The zero-order chi connectivity index (χ0) is 13.3. The van der Waals surface area contributed by atoms with Gasteiger partial charge in [0, 0.05) is 19.3 Å². The highest BCUT2D eigenvalue weighted by molar-refractivity contribution is 6.21. The first-order valence-corrected chi connectivity index (χ1v) is 5.54. The molecule has 0 aliphatic carbocycles. The van der Waals surface area contributed by atoms with E-state index in [9.17, 15) is 14.4 Å². The number of nitrogens with zero attached hydrogens (tertiary/aromatic N) is 1. The van der Waals surface area contributed by atoms with Crippen molar-refractivity contribution in [2.45, 2.75) is 6.92 Å². The molecular formula is C12H13N3O3. The Hall–Kier alpha value is -2.37. The third kappa shape index (κ3) is 2.04. The fourth-order valence-corrected chi connectivity index (χ4v) is 1.61. The van der Waals surface area contributed by atoms with Crippen LogP contribution < -0.4 is 10.6 Å². The number of imide groups is 1. The third-order valence-electron chi connectivity index (χ3n) is 2.81. The molecule has 94 valence electrons. The van der Waals surface area contributed by atoms with Crippen LogP contribution in [0.4, 0.5) is 10.5 Å². The Bertz CT molecular complexity index is 539. The molecule has 1 aromatic rings. The Balaban J connectivity index is 2.23. The lowest BCUT2D eigenvalue weighted by atomic mass is 10.1. The topological polar surface area (TPSA) is 78.5 Å². The van der Waals surface area contributed by atoms with Gasteiger partial charge >= 0.3 is 6.03 Å². The van der Waals surface area contributed by atoms with Gasteiger partial charge in [-0.1, -0.05) is 0 Å². The molecule has 1 aliphatic rings. The summed E-state index contributed by atoms with van der Waals surface area (Å²) in [6.45, 7) is 2.43. The summed E-state index contributed by atoms with van der Waals surface area (Å²) in [5.41, 5.74) is 1.11. The molecule has 0 fully saturated rings. The molecule has 0 atom stereocenters. The zero-order valence-corrected chi connectivity index (χ0v) is 10.1. The van der Waals surface area contributed by atoms with Crippen LogP contribution >= 0.6 is 0 Å². The number of hydrogen-bond acceptors (Lipinski definition) is 3. The van der Waals surface area contributed by atoms with Gasteiger partial charge in [0.2, 0.25) is 0 Å². The van der Waals surface area contributed by atoms with E-state index in [1.165, 1.54) is 17.0 Å². The van der Waals surface area contributed by atoms with Crippen molar-refractivity contribution in [3.05, 3.63) is 29.3 Å². The summed E-state index contributed by atoms with van der Waals surface area (Å²) < 4.78 is 0. The van der Waals surface area contributed by atoms with Crippen molar-refractivity contribution in [1.82, 2.24) is 10.2 Å². The van der Waals surface area contributed by atoms with E-state index in [1.807, 2.05) is 6.92 Å². The van der Waals surface area contributed by atoms with Crippen molar-refractivity contribution >= 4 is 23.5 Å². The van der Waals surface area contributed by atoms with Gasteiger partial charge in [0.15, 0.2) is 0 Å². The summed E-state index contributed by atoms with van der Waals surface area (Å²) in [5, 5.41) is 4.85. The molecule has 6 nitrogen and oxygen atoms in total. The quantitative estimate of drug-likeness (QED) is 0.767. The zero-order valence-electron chi connectivity index (χ0n) is 10.1. The SMILES string of the molecule is CCN(C)C(=O)Nc1ccc2c(c1)C(=O)NC2=O. The van der Waals surface area contributed by atoms with Crippen LogP contribution in [0.25, 0.3) is 0 Å². The van der Waals surface area contributed by atoms with Crippen molar-refractivity contribution in [1.29, 1.82) is 0 Å². The number of benzene rings is 1. The first kappa shape index (κ1) is 12.1. The molecule has 2 N–H and O–H groups in total. The molecule has 0 aromatic heterocycles. The van der Waals surface area contributed by atoms with Crippen LogP contribution in [-0.4, -0.2) is 36.3 Å². The molecule has 2 rings (SSSR count). The average Bonchev–Trinajstić information content (AvgIpc) is 2.63. The number of carbonyl (C=O) groups is 3. The molecule has 0 bridgehead atoms. The number of fused-ring (bicyclic) bond motifs is 1. The van der Waals surface area contributed by atoms with Gasteiger partial charge in [0.05, 0.1) is 11.1 Å². The van der Waals surface area contributed by atoms with Crippen LogP contribution in [0.3, 0.4) is 0 Å². The Kier molecular flexibility index (Phi) is 3.01. The lowest BCUT2D eigenvalue weighted by Gasteiger charge is -2.15. The number of amides is 4. The van der Waals surface area contributed by atoms with Gasteiger partial charge < -0.3 is 10.2 Å². The van der Waals surface area contributed by atoms with Crippen LogP contribution in [0.5, 0.6) is 0 Å². The Morgan fingerprint density at radius 1 is 1.28 bits per heavy atom. The van der Waals surface area contributed by atoms with Crippen molar-refractivity contribution in [2.24, 2.45) is 0 Å². The van der Waals surface area contributed by atoms with Crippen molar-refractivity contribution in [2.75, 3.05) is 18.9 Å². The van der Waals surface area contributed by atoms with E-state index in [2.05, 4.69) is 10.6 Å². The number of urea groups is 1. The van der Waals surface area contributed by atoms with Crippen LogP contribution in [0.1, 0.15) is 27.6 Å². The van der Waals surface area contributed by atoms with E-state index >= 15 is 0 Å². The molecule has 0 saturated heterocycles. The highest BCUT2D eigenvalue weighted by Crippen LogP contribution is 2.20. The van der Waals surface area contributed by atoms with Gasteiger partial charge in [0.1, 0.15) is 0 Å². The molecule has 1 aromatic carbocycles. The van der Waals surface area contributed by atoms with Gasteiger partial charge in [-0.2, -0.15) is 0 Å². The molecular weight excluding hydrogens is 234 g/mol. The molecule has 1 aliphatic heterocycles. The van der Waals surface area contributed by atoms with E-state index in [1.54, 1.807) is 13.1 Å². The fraction of sp³-hybridized carbons (Fsp3) is 0.250. The second-order valence-electron chi connectivity index (χ2n) is 3.99. The van der Waals surface area contributed by atoms with E-state index in [0.29, 0.717) is 17.8 Å². The van der Waals surface area contributed by atoms with Crippen LogP contribution in [0.15, 0.2) is 18.2 Å². The number of rotatable bonds is 2. The first-order chi connectivity index (χ1) is 8.52. The van der Waals surface area contributed by atoms with Crippen LogP contribution in [0, 0.1) is 0 Å². The van der Waals surface area contributed by atoms with Crippen LogP contribution in [0.2, 0.25) is 0 Å². The highest BCUT2D eigenvalue weighted by Gasteiger charge is 2.26. The van der Waals surface area contributed by atoms with E-state index < -0.39 is 11.8 Å². The number of anilines is 1. The predicted octanol–water partition coefficient (Wildman–Crippen LogP) is 1.05. The molecule has 1 heterocycles. The van der Waals surface area contributed by atoms with Crippen LogP contribution in [-0.2, 0) is 0 Å².